The van der Waals surface area contributed by atoms with E-state index in [0.29, 0.717) is 0 Å². The standard InChI is InChI=1S/C10H8F2N2O/c11-8-3-6(10(14)1-2-13)4-9(12)7(8)5-15/h1-5,14H,13H2/b2-1-,14-10?. The normalized spacial score (nSPS) is 10.5. The zero-order valence-corrected chi connectivity index (χ0v) is 7.63. The SMILES string of the molecule is N=C(/C=C\N)c1cc(F)c(C=O)c(F)c1. The molecule has 0 aliphatic rings. The molecule has 0 atom stereocenters. The summed E-state index contributed by atoms with van der Waals surface area (Å²) in [6.07, 6.45) is 2.37. The molecule has 0 bridgehead atoms. The van der Waals surface area contributed by atoms with Crippen molar-refractivity contribution in [2.45, 2.75) is 0 Å². The Bertz CT molecular complexity index is 418. The summed E-state index contributed by atoms with van der Waals surface area (Å²) in [6, 6.07) is 1.82. The summed E-state index contributed by atoms with van der Waals surface area (Å²) in [5, 5.41) is 7.36. The van der Waals surface area contributed by atoms with Crippen LogP contribution in [-0.4, -0.2) is 12.0 Å². The van der Waals surface area contributed by atoms with Crippen LogP contribution in [0.25, 0.3) is 0 Å². The van der Waals surface area contributed by atoms with Gasteiger partial charge in [-0.15, -0.1) is 0 Å². The number of aldehydes is 1. The second-order valence-corrected chi connectivity index (χ2v) is 2.74. The molecule has 3 N–H and O–H groups in total. The number of hydrogen-bond acceptors (Lipinski definition) is 3. The first kappa shape index (κ1) is 11.0. The Morgan fingerprint density at radius 1 is 1.33 bits per heavy atom. The summed E-state index contributed by atoms with van der Waals surface area (Å²) >= 11 is 0. The fraction of sp³-hybridized carbons (Fsp3) is 0. The van der Waals surface area contributed by atoms with Gasteiger partial charge in [0, 0.05) is 5.56 Å². The molecule has 0 radical (unpaired) electrons. The van der Waals surface area contributed by atoms with Crippen LogP contribution < -0.4 is 5.73 Å². The first-order valence-corrected chi connectivity index (χ1v) is 4.01. The highest BCUT2D eigenvalue weighted by atomic mass is 19.1. The molecule has 15 heavy (non-hydrogen) atoms. The highest BCUT2D eigenvalue weighted by Crippen LogP contribution is 2.14. The van der Waals surface area contributed by atoms with Gasteiger partial charge in [0.1, 0.15) is 11.6 Å². The molecule has 0 spiro atoms. The van der Waals surface area contributed by atoms with Crippen LogP contribution in [0.3, 0.4) is 0 Å². The van der Waals surface area contributed by atoms with Gasteiger partial charge in [-0.05, 0) is 24.4 Å². The molecular formula is C10H8F2N2O. The summed E-state index contributed by atoms with van der Waals surface area (Å²) in [7, 11) is 0. The molecule has 3 nitrogen and oxygen atoms in total. The zero-order chi connectivity index (χ0) is 11.4. The second-order valence-electron chi connectivity index (χ2n) is 2.74. The van der Waals surface area contributed by atoms with Crippen molar-refractivity contribution in [2.24, 2.45) is 5.73 Å². The van der Waals surface area contributed by atoms with Gasteiger partial charge in [0.25, 0.3) is 0 Å². The van der Waals surface area contributed by atoms with E-state index in [1.807, 2.05) is 0 Å². The van der Waals surface area contributed by atoms with E-state index in [9.17, 15) is 13.6 Å². The van der Waals surface area contributed by atoms with Crippen LogP contribution in [-0.2, 0) is 0 Å². The first-order valence-electron chi connectivity index (χ1n) is 4.01. The number of carbonyl (C=O) groups is 1. The Morgan fingerprint density at radius 3 is 2.27 bits per heavy atom. The van der Waals surface area contributed by atoms with Crippen LogP contribution >= 0.6 is 0 Å². The van der Waals surface area contributed by atoms with Gasteiger partial charge in [-0.2, -0.15) is 0 Å². The molecule has 0 fully saturated rings. The number of allylic oxidation sites excluding steroid dienone is 1. The lowest BCUT2D eigenvalue weighted by molar-refractivity contribution is 0.111. The highest BCUT2D eigenvalue weighted by Gasteiger charge is 2.11. The summed E-state index contributed by atoms with van der Waals surface area (Å²) < 4.78 is 26.2. The van der Waals surface area contributed by atoms with Crippen molar-refractivity contribution < 1.29 is 13.6 Å². The Hall–Kier alpha value is -2.04. The number of rotatable bonds is 3. The monoisotopic (exact) mass is 210 g/mol. The maximum absolute atomic E-state index is 13.1. The van der Waals surface area contributed by atoms with Crippen LogP contribution in [0.4, 0.5) is 8.78 Å². The van der Waals surface area contributed by atoms with E-state index in [1.54, 1.807) is 0 Å². The van der Waals surface area contributed by atoms with Gasteiger partial charge in [-0.1, -0.05) is 0 Å². The van der Waals surface area contributed by atoms with Gasteiger partial charge in [0.15, 0.2) is 6.29 Å². The molecule has 5 heteroatoms. The molecule has 1 rings (SSSR count). The third-order valence-electron chi connectivity index (χ3n) is 1.77. The van der Waals surface area contributed by atoms with Gasteiger partial charge in [0.2, 0.25) is 0 Å². The van der Waals surface area contributed by atoms with E-state index in [4.69, 9.17) is 11.1 Å². The van der Waals surface area contributed by atoms with E-state index in [-0.39, 0.29) is 17.6 Å². The molecule has 0 heterocycles. The van der Waals surface area contributed by atoms with Crippen LogP contribution in [0, 0.1) is 17.0 Å². The number of halogens is 2. The topological polar surface area (TPSA) is 66.9 Å². The second kappa shape index (κ2) is 4.45. The maximum atomic E-state index is 13.1. The van der Waals surface area contributed by atoms with Crippen LogP contribution in [0.1, 0.15) is 15.9 Å². The lowest BCUT2D eigenvalue weighted by atomic mass is 10.1. The minimum absolute atomic E-state index is 0.0253. The Morgan fingerprint density at radius 2 is 1.87 bits per heavy atom. The van der Waals surface area contributed by atoms with Crippen LogP contribution in [0.5, 0.6) is 0 Å². The van der Waals surface area contributed by atoms with Gasteiger partial charge < -0.3 is 11.1 Å². The Labute approximate surface area is 84.7 Å². The fourth-order valence-corrected chi connectivity index (χ4v) is 1.04. The summed E-state index contributed by atoms with van der Waals surface area (Å²) in [5.41, 5.74) is 4.29. The van der Waals surface area contributed by atoms with E-state index in [1.165, 1.54) is 6.08 Å². The van der Waals surface area contributed by atoms with Crippen molar-refractivity contribution in [2.75, 3.05) is 0 Å². The van der Waals surface area contributed by atoms with Crippen LogP contribution in [0.15, 0.2) is 24.4 Å². The van der Waals surface area contributed by atoms with E-state index in [2.05, 4.69) is 0 Å². The molecule has 1 aromatic carbocycles. The molecule has 0 aliphatic carbocycles. The lowest BCUT2D eigenvalue weighted by Crippen LogP contribution is -2.02. The summed E-state index contributed by atoms with van der Waals surface area (Å²) in [4.78, 5) is 10.3. The van der Waals surface area contributed by atoms with Crippen molar-refractivity contribution in [3.8, 4) is 0 Å². The van der Waals surface area contributed by atoms with E-state index in [0.717, 1.165) is 18.3 Å². The molecule has 0 unspecified atom stereocenters. The van der Waals surface area contributed by atoms with Gasteiger partial charge in [-0.3, -0.25) is 4.79 Å². The average molecular weight is 210 g/mol. The first-order chi connectivity index (χ1) is 7.10. The molecule has 0 saturated heterocycles. The van der Waals surface area contributed by atoms with Crippen LogP contribution in [0.2, 0.25) is 0 Å². The van der Waals surface area contributed by atoms with E-state index >= 15 is 0 Å². The van der Waals surface area contributed by atoms with Gasteiger partial charge in [-0.25, -0.2) is 8.78 Å². The average Bonchev–Trinajstić information content (AvgIpc) is 2.17. The third-order valence-corrected chi connectivity index (χ3v) is 1.77. The predicted molar refractivity (Wildman–Crippen MR) is 51.9 cm³/mol. The van der Waals surface area contributed by atoms with Gasteiger partial charge >= 0.3 is 0 Å². The van der Waals surface area contributed by atoms with Crippen molar-refractivity contribution >= 4 is 12.0 Å². The summed E-state index contributed by atoms with van der Waals surface area (Å²) in [5.74, 6) is -1.98. The number of hydrogen-bond donors (Lipinski definition) is 2. The molecular weight excluding hydrogens is 202 g/mol. The largest absolute Gasteiger partial charge is 0.405 e. The maximum Gasteiger partial charge on any atom is 0.155 e. The zero-order valence-electron chi connectivity index (χ0n) is 7.63. The molecule has 0 amide bonds. The Balaban J connectivity index is 3.25. The number of nitrogens with one attached hydrogen (secondary N) is 1. The Kier molecular flexibility index (Phi) is 3.28. The minimum atomic E-state index is -0.991. The molecule has 78 valence electrons. The van der Waals surface area contributed by atoms with E-state index < -0.39 is 17.2 Å². The predicted octanol–water partition coefficient (Wildman–Crippen LogP) is 1.62. The van der Waals surface area contributed by atoms with Crippen molar-refractivity contribution in [1.82, 2.24) is 0 Å². The van der Waals surface area contributed by atoms with Gasteiger partial charge in [0.05, 0.1) is 11.3 Å². The highest BCUT2D eigenvalue weighted by molar-refractivity contribution is 6.06. The van der Waals surface area contributed by atoms with Crippen molar-refractivity contribution in [3.63, 3.8) is 0 Å². The number of nitrogens with two attached hydrogens (primary N) is 1. The molecule has 0 saturated carbocycles. The van der Waals surface area contributed by atoms with Crippen molar-refractivity contribution in [1.29, 1.82) is 5.41 Å². The molecule has 1 aromatic rings. The summed E-state index contributed by atoms with van der Waals surface area (Å²) in [6.45, 7) is 0. The minimum Gasteiger partial charge on any atom is -0.405 e. The lowest BCUT2D eigenvalue weighted by Gasteiger charge is -2.02. The van der Waals surface area contributed by atoms with Crippen molar-refractivity contribution in [3.05, 3.63) is 47.2 Å². The molecule has 0 aromatic heterocycles. The third kappa shape index (κ3) is 2.25. The quantitative estimate of drug-likeness (QED) is 0.588. The number of carbonyl (C=O) groups excluding carboxylic acids is 1. The smallest absolute Gasteiger partial charge is 0.155 e. The fourth-order valence-electron chi connectivity index (χ4n) is 1.04. The molecule has 0 aliphatic heterocycles. The number of benzene rings is 1.